The van der Waals surface area contributed by atoms with E-state index in [1.54, 1.807) is 24.3 Å². The lowest BCUT2D eigenvalue weighted by Crippen LogP contribution is -2.36. The second-order valence-corrected chi connectivity index (χ2v) is 12.1. The first-order chi connectivity index (χ1) is 16.1. The highest BCUT2D eigenvalue weighted by atomic mass is 32.2. The van der Waals surface area contributed by atoms with E-state index in [1.165, 1.54) is 38.0 Å². The summed E-state index contributed by atoms with van der Waals surface area (Å²) >= 11 is -2.42. The van der Waals surface area contributed by atoms with Crippen molar-refractivity contribution in [2.24, 2.45) is 5.41 Å². The van der Waals surface area contributed by atoms with Gasteiger partial charge in [-0.1, -0.05) is 6.07 Å². The Morgan fingerprint density at radius 3 is 2.47 bits per heavy atom. The van der Waals surface area contributed by atoms with Crippen molar-refractivity contribution >= 4 is 44.1 Å². The van der Waals surface area contributed by atoms with Gasteiger partial charge >= 0.3 is 0 Å². The average Bonchev–Trinajstić information content (AvgIpc) is 3.57. The van der Waals surface area contributed by atoms with Crippen LogP contribution in [0.25, 0.3) is 0 Å². The first kappa shape index (κ1) is 24.6. The zero-order valence-electron chi connectivity index (χ0n) is 18.8. The molecule has 1 heterocycles. The van der Waals surface area contributed by atoms with Gasteiger partial charge in [0.2, 0.25) is 10.0 Å². The lowest BCUT2D eigenvalue weighted by Gasteiger charge is -2.35. The molecule has 0 aromatic heterocycles. The van der Waals surface area contributed by atoms with E-state index in [2.05, 4.69) is 14.9 Å². The molecule has 2 aromatic carbocycles. The standard InChI is InChI=1S/C23H29N3O6S2/c1-16(15-27)34(31,32)25-18-5-6-20(21(14-18)26-11-9-23(7-8-23)10-12-26)22(28)24-17-3-2-4-19(13-17)33(29)30/h2-6,13-14,16,25,27H,7-12,15H2,1H3,(H,24,28)(H,29,30)/p-1/t16-/m1/s1. The second-order valence-electron chi connectivity index (χ2n) is 9.08. The number of carbonyl (C=O) groups excluding carboxylic acids is 1. The second kappa shape index (κ2) is 9.65. The number of nitrogens with zero attached hydrogens (tertiary/aromatic N) is 1. The van der Waals surface area contributed by atoms with Crippen molar-refractivity contribution in [2.45, 2.75) is 42.8 Å². The van der Waals surface area contributed by atoms with E-state index >= 15 is 0 Å². The fourth-order valence-electron chi connectivity index (χ4n) is 4.19. The fourth-order valence-corrected chi connectivity index (χ4v) is 5.45. The largest absolute Gasteiger partial charge is 0.768 e. The van der Waals surface area contributed by atoms with Gasteiger partial charge in [-0.3, -0.25) is 13.7 Å². The third-order valence-corrected chi connectivity index (χ3v) is 9.06. The minimum absolute atomic E-state index is 0.0616. The number of nitrogens with one attached hydrogen (secondary N) is 2. The number of hydrogen-bond donors (Lipinski definition) is 3. The van der Waals surface area contributed by atoms with Gasteiger partial charge in [0.05, 0.1) is 23.5 Å². The molecule has 2 aliphatic rings. The molecule has 1 saturated heterocycles. The molecule has 184 valence electrons. The normalized spacial score (nSPS) is 18.9. The van der Waals surface area contributed by atoms with E-state index in [0.29, 0.717) is 28.0 Å². The third-order valence-electron chi connectivity index (χ3n) is 6.70. The zero-order valence-corrected chi connectivity index (χ0v) is 20.5. The quantitative estimate of drug-likeness (QED) is 0.468. The van der Waals surface area contributed by atoms with Crippen molar-refractivity contribution in [3.05, 3.63) is 48.0 Å². The molecule has 1 aliphatic heterocycles. The average molecular weight is 507 g/mol. The van der Waals surface area contributed by atoms with Crippen LogP contribution in [0, 0.1) is 5.41 Å². The number of sulfonamides is 1. The molecular formula is C23H28N3O6S2-. The molecule has 0 radical (unpaired) electrons. The minimum Gasteiger partial charge on any atom is -0.768 e. The molecule has 9 nitrogen and oxygen atoms in total. The Morgan fingerprint density at radius 2 is 1.85 bits per heavy atom. The van der Waals surface area contributed by atoms with Crippen LogP contribution in [0.15, 0.2) is 47.4 Å². The van der Waals surface area contributed by atoms with E-state index in [9.17, 15) is 27.1 Å². The summed E-state index contributed by atoms with van der Waals surface area (Å²) in [6, 6.07) is 10.7. The lowest BCUT2D eigenvalue weighted by molar-refractivity contribution is 0.102. The maximum atomic E-state index is 13.2. The molecule has 1 amide bonds. The summed E-state index contributed by atoms with van der Waals surface area (Å²) in [5, 5.41) is 11.0. The van der Waals surface area contributed by atoms with Crippen LogP contribution in [0.2, 0.25) is 0 Å². The van der Waals surface area contributed by atoms with E-state index < -0.39 is 38.9 Å². The smallest absolute Gasteiger partial charge is 0.257 e. The Labute approximate surface area is 201 Å². The van der Waals surface area contributed by atoms with Crippen molar-refractivity contribution < 1.29 is 27.1 Å². The van der Waals surface area contributed by atoms with E-state index in [4.69, 9.17) is 0 Å². The molecule has 1 saturated carbocycles. The highest BCUT2D eigenvalue weighted by Crippen LogP contribution is 2.54. The van der Waals surface area contributed by atoms with Crippen molar-refractivity contribution in [3.8, 4) is 0 Å². The number of carbonyl (C=O) groups is 1. The Morgan fingerprint density at radius 1 is 1.15 bits per heavy atom. The van der Waals surface area contributed by atoms with E-state index in [0.717, 1.165) is 25.9 Å². The summed E-state index contributed by atoms with van der Waals surface area (Å²) in [5.74, 6) is -0.423. The number of amides is 1. The molecule has 1 unspecified atom stereocenters. The van der Waals surface area contributed by atoms with Gasteiger partial charge < -0.3 is 19.9 Å². The van der Waals surface area contributed by atoms with Crippen LogP contribution >= 0.6 is 0 Å². The number of aliphatic hydroxyl groups is 1. The lowest BCUT2D eigenvalue weighted by atomic mass is 9.93. The van der Waals surface area contributed by atoms with Crippen LogP contribution in [0.4, 0.5) is 17.1 Å². The summed E-state index contributed by atoms with van der Waals surface area (Å²) < 4.78 is 49.9. The third kappa shape index (κ3) is 5.43. The summed E-state index contributed by atoms with van der Waals surface area (Å²) in [6.07, 6.45) is 4.49. The van der Waals surface area contributed by atoms with Gasteiger partial charge in [0, 0.05) is 23.7 Å². The zero-order chi connectivity index (χ0) is 24.5. The number of aliphatic hydroxyl groups excluding tert-OH is 1. The Bertz CT molecular complexity index is 1200. The van der Waals surface area contributed by atoms with Gasteiger partial charge in [-0.2, -0.15) is 0 Å². The van der Waals surface area contributed by atoms with Crippen LogP contribution in [0.5, 0.6) is 0 Å². The highest BCUT2D eigenvalue weighted by molar-refractivity contribution is 7.93. The van der Waals surface area contributed by atoms with Crippen molar-refractivity contribution in [2.75, 3.05) is 34.6 Å². The Balaban J connectivity index is 1.63. The van der Waals surface area contributed by atoms with Crippen LogP contribution in [-0.4, -0.2) is 53.1 Å². The van der Waals surface area contributed by atoms with Gasteiger partial charge in [0.1, 0.15) is 5.25 Å². The maximum Gasteiger partial charge on any atom is 0.257 e. The SMILES string of the molecule is C[C@H](CO)S(=O)(=O)Nc1ccc(C(=O)Nc2cccc(S(=O)[O-])c2)c(N2CCC3(CC2)CC3)c1. The highest BCUT2D eigenvalue weighted by Gasteiger charge is 2.44. The molecule has 2 atom stereocenters. The van der Waals surface area contributed by atoms with E-state index in [-0.39, 0.29) is 4.90 Å². The molecular weight excluding hydrogens is 478 g/mol. The number of piperidine rings is 1. The van der Waals surface area contributed by atoms with Gasteiger partial charge in [-0.25, -0.2) is 8.42 Å². The van der Waals surface area contributed by atoms with E-state index in [1.807, 2.05) is 0 Å². The fraction of sp³-hybridized carbons (Fsp3) is 0.435. The minimum atomic E-state index is -3.79. The monoisotopic (exact) mass is 506 g/mol. The van der Waals surface area contributed by atoms with Crippen LogP contribution in [-0.2, 0) is 21.1 Å². The van der Waals surface area contributed by atoms with Gasteiger partial charge in [-0.05, 0) is 85.5 Å². The maximum absolute atomic E-state index is 13.2. The summed E-state index contributed by atoms with van der Waals surface area (Å²) in [7, 11) is -3.79. The van der Waals surface area contributed by atoms with Crippen LogP contribution < -0.4 is 14.9 Å². The first-order valence-electron chi connectivity index (χ1n) is 11.1. The van der Waals surface area contributed by atoms with Gasteiger partial charge in [-0.15, -0.1) is 0 Å². The van der Waals surface area contributed by atoms with Crippen LogP contribution in [0.1, 0.15) is 43.0 Å². The molecule has 3 N–H and O–H groups in total. The number of hydrogen-bond acceptors (Lipinski definition) is 7. The van der Waals surface area contributed by atoms with Gasteiger partial charge in [0.25, 0.3) is 5.91 Å². The molecule has 11 heteroatoms. The van der Waals surface area contributed by atoms with Gasteiger partial charge in [0.15, 0.2) is 0 Å². The first-order valence-corrected chi connectivity index (χ1v) is 13.8. The van der Waals surface area contributed by atoms with Crippen molar-refractivity contribution in [3.63, 3.8) is 0 Å². The van der Waals surface area contributed by atoms with Crippen molar-refractivity contribution in [1.29, 1.82) is 0 Å². The topological polar surface area (TPSA) is 139 Å². The molecule has 4 rings (SSSR count). The van der Waals surface area contributed by atoms with Crippen LogP contribution in [0.3, 0.4) is 0 Å². The predicted octanol–water partition coefficient (Wildman–Crippen LogP) is 2.68. The molecule has 1 aliphatic carbocycles. The number of anilines is 3. The van der Waals surface area contributed by atoms with Crippen molar-refractivity contribution in [1.82, 2.24) is 0 Å². The molecule has 2 fully saturated rings. The Kier molecular flexibility index (Phi) is 6.99. The molecule has 34 heavy (non-hydrogen) atoms. The molecule has 0 bridgehead atoms. The Hall–Kier alpha value is -2.47. The number of rotatable bonds is 8. The summed E-state index contributed by atoms with van der Waals surface area (Å²) in [5.41, 5.74) is 2.03. The summed E-state index contributed by atoms with van der Waals surface area (Å²) in [4.78, 5) is 15.3. The number of benzene rings is 2. The summed E-state index contributed by atoms with van der Waals surface area (Å²) in [6.45, 7) is 2.42. The molecule has 1 spiro atoms. The predicted molar refractivity (Wildman–Crippen MR) is 130 cm³/mol. The molecule has 2 aromatic rings.